The Hall–Kier alpha value is -2.85. The topological polar surface area (TPSA) is 66.9 Å². The SMILES string of the molecule is C[C@@H]1N=C(N2CCN(C(=O)[C@@H](CCCCN(C)C)N(C)C3CCC4(CC3)CCN(Cc3ccccc3)C4)[C@H](P(C)NCc3cccs3)C2)O[C@H]1c1ccccc1. The molecule has 1 aromatic heterocycles. The summed E-state index contributed by atoms with van der Waals surface area (Å²) in [6.45, 7) is 11.9. The van der Waals surface area contributed by atoms with Crippen LogP contribution in [0.3, 0.4) is 0 Å². The molecule has 4 aliphatic rings. The van der Waals surface area contributed by atoms with Gasteiger partial charge in [0.1, 0.15) is 6.10 Å². The van der Waals surface area contributed by atoms with Gasteiger partial charge in [-0.1, -0.05) is 73.2 Å². The van der Waals surface area contributed by atoms with Crippen molar-refractivity contribution in [3.63, 3.8) is 0 Å². The van der Waals surface area contributed by atoms with Crippen molar-refractivity contribution in [3.05, 3.63) is 94.2 Å². The van der Waals surface area contributed by atoms with Crippen LogP contribution in [-0.4, -0.2) is 127 Å². The quantitative estimate of drug-likeness (QED) is 0.125. The third-order valence-corrected chi connectivity index (χ3v) is 15.9. The molecule has 4 heterocycles. The maximum Gasteiger partial charge on any atom is 0.288 e. The van der Waals surface area contributed by atoms with E-state index in [4.69, 9.17) is 9.73 Å². The Bertz CT molecular complexity index is 1690. The lowest BCUT2D eigenvalue weighted by Gasteiger charge is -2.48. The van der Waals surface area contributed by atoms with E-state index < -0.39 is 8.07 Å². The summed E-state index contributed by atoms with van der Waals surface area (Å²) >= 11 is 1.79. The molecule has 2 aromatic carbocycles. The van der Waals surface area contributed by atoms with Gasteiger partial charge in [-0.2, -0.15) is 0 Å². The third-order valence-electron chi connectivity index (χ3n) is 13.0. The van der Waals surface area contributed by atoms with Gasteiger partial charge in [-0.15, -0.1) is 11.3 Å². The van der Waals surface area contributed by atoms with Gasteiger partial charge in [0.15, 0.2) is 0 Å². The number of likely N-dealkylation sites (tertiary alicyclic amines) is 1. The Balaban J connectivity index is 1.04. The molecule has 0 bridgehead atoms. The van der Waals surface area contributed by atoms with E-state index in [0.29, 0.717) is 23.9 Å². The summed E-state index contributed by atoms with van der Waals surface area (Å²) in [4.78, 5) is 33.6. The molecule has 3 fully saturated rings. The molecular formula is C45H66N7O2PS. The number of nitrogens with zero attached hydrogens (tertiary/aromatic N) is 6. The van der Waals surface area contributed by atoms with Crippen LogP contribution in [0.5, 0.6) is 0 Å². The molecule has 0 radical (unpaired) electrons. The van der Waals surface area contributed by atoms with Gasteiger partial charge in [-0.25, -0.2) is 4.99 Å². The highest BCUT2D eigenvalue weighted by molar-refractivity contribution is 7.55. The number of unbranched alkanes of at least 4 members (excludes halogenated alkanes) is 1. The number of hydrogen-bond donors (Lipinski definition) is 1. The largest absolute Gasteiger partial charge is 0.455 e. The van der Waals surface area contributed by atoms with Crippen LogP contribution in [0.15, 0.2) is 83.2 Å². The first kappa shape index (κ1) is 41.3. The number of nitrogens with one attached hydrogen (secondary N) is 1. The van der Waals surface area contributed by atoms with E-state index in [2.05, 4.69) is 136 Å². The van der Waals surface area contributed by atoms with Crippen molar-refractivity contribution in [2.75, 3.05) is 67.1 Å². The summed E-state index contributed by atoms with van der Waals surface area (Å²) in [6.07, 6.45) is 9.14. The fourth-order valence-corrected chi connectivity index (χ4v) is 12.1. The normalized spacial score (nSPS) is 26.9. The fourth-order valence-electron chi connectivity index (χ4n) is 9.63. The summed E-state index contributed by atoms with van der Waals surface area (Å²) in [5.74, 6) is 0.360. The summed E-state index contributed by atoms with van der Waals surface area (Å²) in [5.41, 5.74) is 3.00. The lowest BCUT2D eigenvalue weighted by Crippen LogP contribution is -2.61. The minimum Gasteiger partial charge on any atom is -0.455 e. The Labute approximate surface area is 342 Å². The van der Waals surface area contributed by atoms with Crippen molar-refractivity contribution < 1.29 is 9.53 Å². The average Bonchev–Trinajstić information content (AvgIpc) is 3.98. The minimum absolute atomic E-state index is 0.0385. The van der Waals surface area contributed by atoms with Crippen molar-refractivity contribution in [3.8, 4) is 0 Å². The highest BCUT2D eigenvalue weighted by Crippen LogP contribution is 2.46. The molecule has 2 saturated heterocycles. The second kappa shape index (κ2) is 19.3. The predicted molar refractivity (Wildman–Crippen MR) is 233 cm³/mol. The van der Waals surface area contributed by atoms with Crippen LogP contribution < -0.4 is 5.09 Å². The second-order valence-corrected chi connectivity index (χ2v) is 20.4. The van der Waals surface area contributed by atoms with Crippen molar-refractivity contribution in [1.29, 1.82) is 0 Å². The zero-order valence-corrected chi connectivity index (χ0v) is 36.3. The Morgan fingerprint density at radius 3 is 2.45 bits per heavy atom. The molecule has 9 nitrogen and oxygen atoms in total. The number of thiophene rings is 1. The molecule has 56 heavy (non-hydrogen) atoms. The van der Waals surface area contributed by atoms with Crippen molar-refractivity contribution in [1.82, 2.24) is 29.6 Å². The van der Waals surface area contributed by atoms with E-state index in [1.54, 1.807) is 11.3 Å². The molecule has 3 aromatic rings. The van der Waals surface area contributed by atoms with E-state index in [1.165, 1.54) is 55.6 Å². The van der Waals surface area contributed by atoms with Crippen LogP contribution >= 0.6 is 19.4 Å². The number of carbonyl (C=O) groups is 1. The number of amidine groups is 1. The highest BCUT2D eigenvalue weighted by Gasteiger charge is 2.45. The number of piperazine rings is 1. The van der Waals surface area contributed by atoms with Gasteiger partial charge >= 0.3 is 0 Å². The van der Waals surface area contributed by atoms with E-state index in [1.807, 2.05) is 6.07 Å². The third kappa shape index (κ3) is 10.2. The molecule has 304 valence electrons. The smallest absolute Gasteiger partial charge is 0.288 e. The molecule has 7 rings (SSSR count). The van der Waals surface area contributed by atoms with Crippen LogP contribution in [-0.2, 0) is 22.6 Å². The van der Waals surface area contributed by atoms with Gasteiger partial charge in [0.25, 0.3) is 6.02 Å². The zero-order chi connectivity index (χ0) is 39.1. The number of carbonyl (C=O) groups excluding carboxylic acids is 1. The van der Waals surface area contributed by atoms with Gasteiger partial charge in [-0.3, -0.25) is 19.7 Å². The van der Waals surface area contributed by atoms with Crippen LogP contribution in [0.4, 0.5) is 0 Å². The summed E-state index contributed by atoms with van der Waals surface area (Å²) in [5, 5.41) is 6.03. The Morgan fingerprint density at radius 2 is 1.73 bits per heavy atom. The standard InChI is InChI=1S/C45H66N7O2PS/c1-35-42(37-17-10-7-11-18-37)54-44(47-35)51-28-29-52(41(33-51)55(5)46-31-39-19-14-30-56-39)43(53)40(20-12-13-26-48(2)3)49(4)38-21-23-45(24-22-38)25-27-50(34-45)32-36-15-8-6-9-16-36/h6-11,14-19,30,35,38,40-42,46H,12-13,20-29,31-34H2,1-5H3/t35-,38?,40+,41+,42+,45?,55?/m0/s1. The molecule has 5 atom stereocenters. The number of hydrogen-bond acceptors (Lipinski definition) is 9. The summed E-state index contributed by atoms with van der Waals surface area (Å²) < 4.78 is 6.61. The average molecular weight is 800 g/mol. The summed E-state index contributed by atoms with van der Waals surface area (Å²) in [7, 11) is 5.85. The zero-order valence-electron chi connectivity index (χ0n) is 34.6. The van der Waals surface area contributed by atoms with Crippen LogP contribution in [0.1, 0.15) is 80.4 Å². The van der Waals surface area contributed by atoms with E-state index in [-0.39, 0.29) is 24.0 Å². The molecule has 11 heteroatoms. The minimum atomic E-state index is -0.719. The highest BCUT2D eigenvalue weighted by atomic mass is 32.1. The van der Waals surface area contributed by atoms with E-state index in [9.17, 15) is 0 Å². The summed E-state index contributed by atoms with van der Waals surface area (Å²) in [6, 6.07) is 26.8. The fraction of sp³-hybridized carbons (Fsp3) is 0.600. The van der Waals surface area contributed by atoms with Crippen LogP contribution in [0.2, 0.25) is 0 Å². The maximum absolute atomic E-state index is 15.2. The van der Waals surface area contributed by atoms with Crippen molar-refractivity contribution >= 4 is 31.3 Å². The van der Waals surface area contributed by atoms with Gasteiger partial charge in [0.05, 0.1) is 17.9 Å². The molecule has 1 N–H and O–H groups in total. The molecule has 1 aliphatic carbocycles. The molecule has 1 spiro atoms. The maximum atomic E-state index is 15.2. The second-order valence-electron chi connectivity index (χ2n) is 17.2. The first-order valence-corrected chi connectivity index (χ1v) is 23.9. The first-order chi connectivity index (χ1) is 27.2. The number of likely N-dealkylation sites (N-methyl/N-ethyl adjacent to an activating group) is 1. The van der Waals surface area contributed by atoms with Crippen LogP contribution in [0.25, 0.3) is 0 Å². The van der Waals surface area contributed by atoms with E-state index in [0.717, 1.165) is 63.6 Å². The Morgan fingerprint density at radius 1 is 0.982 bits per heavy atom. The monoisotopic (exact) mass is 799 g/mol. The number of benzene rings is 2. The number of aliphatic imine (C=N–C) groups is 1. The number of rotatable bonds is 15. The van der Waals surface area contributed by atoms with E-state index >= 15 is 4.79 Å². The van der Waals surface area contributed by atoms with Crippen LogP contribution in [0, 0.1) is 5.41 Å². The van der Waals surface area contributed by atoms with Gasteiger partial charge in [0, 0.05) is 50.2 Å². The predicted octanol–water partition coefficient (Wildman–Crippen LogP) is 7.72. The first-order valence-electron chi connectivity index (χ1n) is 21.1. The molecule has 1 unspecified atom stereocenters. The van der Waals surface area contributed by atoms with Gasteiger partial charge < -0.3 is 19.4 Å². The molecule has 3 aliphatic heterocycles. The molecule has 1 amide bonds. The van der Waals surface area contributed by atoms with Gasteiger partial charge in [0.2, 0.25) is 5.91 Å². The van der Waals surface area contributed by atoms with Crippen molar-refractivity contribution in [2.24, 2.45) is 10.4 Å². The van der Waals surface area contributed by atoms with Gasteiger partial charge in [-0.05, 0) is 129 Å². The molecular weight excluding hydrogens is 734 g/mol. The number of ether oxygens (including phenoxy) is 1. The Kier molecular flexibility index (Phi) is 14.2. The number of amides is 1. The van der Waals surface area contributed by atoms with Crippen molar-refractivity contribution in [2.45, 2.75) is 101 Å². The lowest BCUT2D eigenvalue weighted by molar-refractivity contribution is -0.140. The molecule has 1 saturated carbocycles. The lowest BCUT2D eigenvalue weighted by atomic mass is 9.71.